The molecule has 0 aromatic heterocycles. The summed E-state index contributed by atoms with van der Waals surface area (Å²) in [6.07, 6.45) is 0. The van der Waals surface area contributed by atoms with Gasteiger partial charge in [0, 0.05) is 22.3 Å². The molecule has 2 aromatic carbocycles. The standard InChI is InChI=1S/C20H21NO5S/c1-13-12-18(27-17-6-4-16(5-7-17)25-11-10-22)8-9-19(13)20(24)14(2)21-26-15(3)23/h4-9,12,22H,10-11H2,1-3H3. The largest absolute Gasteiger partial charge is 0.491 e. The van der Waals surface area contributed by atoms with Crippen molar-refractivity contribution in [3.8, 4) is 5.75 Å². The van der Waals surface area contributed by atoms with E-state index in [4.69, 9.17) is 9.84 Å². The van der Waals surface area contributed by atoms with Crippen LogP contribution in [0.25, 0.3) is 0 Å². The zero-order valence-corrected chi connectivity index (χ0v) is 16.2. The molecule has 0 saturated carbocycles. The van der Waals surface area contributed by atoms with E-state index in [2.05, 4.69) is 9.99 Å². The number of aryl methyl sites for hydroxylation is 1. The number of carbonyl (C=O) groups is 2. The van der Waals surface area contributed by atoms with Gasteiger partial charge in [0.1, 0.15) is 18.1 Å². The molecular formula is C20H21NO5S. The summed E-state index contributed by atoms with van der Waals surface area (Å²) in [4.78, 5) is 29.8. The first-order valence-corrected chi connectivity index (χ1v) is 9.11. The maximum Gasteiger partial charge on any atom is 0.331 e. The Labute approximate surface area is 162 Å². The van der Waals surface area contributed by atoms with Crippen molar-refractivity contribution in [1.82, 2.24) is 0 Å². The minimum absolute atomic E-state index is 0.0219. The van der Waals surface area contributed by atoms with Crippen LogP contribution in [0.4, 0.5) is 0 Å². The number of nitrogens with zero attached hydrogens (tertiary/aromatic N) is 1. The Kier molecular flexibility index (Phi) is 7.57. The molecule has 0 atom stereocenters. The predicted octanol–water partition coefficient (Wildman–Crippen LogP) is 3.64. The fourth-order valence-electron chi connectivity index (χ4n) is 2.23. The average molecular weight is 387 g/mol. The fourth-order valence-corrected chi connectivity index (χ4v) is 3.14. The first-order valence-electron chi connectivity index (χ1n) is 8.30. The van der Waals surface area contributed by atoms with Crippen LogP contribution in [0.5, 0.6) is 5.75 Å². The number of benzene rings is 2. The maximum absolute atomic E-state index is 12.4. The van der Waals surface area contributed by atoms with Crippen LogP contribution in [0.2, 0.25) is 0 Å². The molecule has 0 heterocycles. The summed E-state index contributed by atoms with van der Waals surface area (Å²) < 4.78 is 5.34. The number of rotatable bonds is 8. The molecule has 0 aliphatic rings. The van der Waals surface area contributed by atoms with Crippen LogP contribution >= 0.6 is 11.8 Å². The van der Waals surface area contributed by atoms with Crippen molar-refractivity contribution in [1.29, 1.82) is 0 Å². The predicted molar refractivity (Wildman–Crippen MR) is 104 cm³/mol. The number of carbonyl (C=O) groups excluding carboxylic acids is 2. The fraction of sp³-hybridized carbons (Fsp3) is 0.250. The number of aliphatic hydroxyl groups excluding tert-OH is 1. The van der Waals surface area contributed by atoms with E-state index in [0.717, 1.165) is 15.4 Å². The number of aliphatic hydroxyl groups is 1. The van der Waals surface area contributed by atoms with E-state index in [0.29, 0.717) is 11.3 Å². The Morgan fingerprint density at radius 3 is 2.33 bits per heavy atom. The van der Waals surface area contributed by atoms with Gasteiger partial charge >= 0.3 is 5.97 Å². The van der Waals surface area contributed by atoms with Gasteiger partial charge in [-0.15, -0.1) is 0 Å². The van der Waals surface area contributed by atoms with Crippen LogP contribution in [-0.2, 0) is 9.63 Å². The molecule has 0 unspecified atom stereocenters. The van der Waals surface area contributed by atoms with E-state index in [9.17, 15) is 9.59 Å². The van der Waals surface area contributed by atoms with Crippen LogP contribution in [0, 0.1) is 6.92 Å². The van der Waals surface area contributed by atoms with Crippen LogP contribution in [0.1, 0.15) is 29.8 Å². The van der Waals surface area contributed by atoms with Gasteiger partial charge in [0.25, 0.3) is 0 Å². The van der Waals surface area contributed by atoms with Gasteiger partial charge in [0.05, 0.1) is 6.61 Å². The molecule has 6 nitrogen and oxygen atoms in total. The van der Waals surface area contributed by atoms with Crippen molar-refractivity contribution >= 4 is 29.2 Å². The summed E-state index contributed by atoms with van der Waals surface area (Å²) in [6, 6.07) is 13.1. The SMILES string of the molecule is CC(=O)ON=C(C)C(=O)c1ccc(Sc2ccc(OCCO)cc2)cc1C. The van der Waals surface area contributed by atoms with Crippen molar-refractivity contribution < 1.29 is 24.3 Å². The molecule has 2 rings (SSSR count). The van der Waals surface area contributed by atoms with Crippen LogP contribution < -0.4 is 4.74 Å². The summed E-state index contributed by atoms with van der Waals surface area (Å²) in [6.45, 7) is 4.83. The normalized spacial score (nSPS) is 11.2. The van der Waals surface area contributed by atoms with Crippen molar-refractivity contribution in [3.63, 3.8) is 0 Å². The smallest absolute Gasteiger partial charge is 0.331 e. The molecule has 0 aliphatic carbocycles. The second-order valence-corrected chi connectivity index (χ2v) is 6.86. The summed E-state index contributed by atoms with van der Waals surface area (Å²) in [7, 11) is 0. The quantitative estimate of drug-likeness (QED) is 0.322. The van der Waals surface area contributed by atoms with Gasteiger partial charge in [-0.1, -0.05) is 16.9 Å². The number of Topliss-reactive ketones (excluding diaryl/α,β-unsaturated/α-hetero) is 1. The van der Waals surface area contributed by atoms with Crippen molar-refractivity contribution in [2.45, 2.75) is 30.6 Å². The molecule has 27 heavy (non-hydrogen) atoms. The first kappa shape index (κ1) is 20.7. The van der Waals surface area contributed by atoms with E-state index in [-0.39, 0.29) is 24.7 Å². The zero-order valence-electron chi connectivity index (χ0n) is 15.4. The molecule has 142 valence electrons. The highest BCUT2D eigenvalue weighted by molar-refractivity contribution is 7.99. The van der Waals surface area contributed by atoms with Gasteiger partial charge in [0.15, 0.2) is 0 Å². The Balaban J connectivity index is 2.08. The number of ketones is 1. The summed E-state index contributed by atoms with van der Waals surface area (Å²) in [5.41, 5.74) is 1.44. The van der Waals surface area contributed by atoms with E-state index >= 15 is 0 Å². The Bertz CT molecular complexity index is 846. The molecule has 2 aromatic rings. The van der Waals surface area contributed by atoms with Gasteiger partial charge in [-0.2, -0.15) is 0 Å². The first-order chi connectivity index (χ1) is 12.9. The molecule has 7 heteroatoms. The third kappa shape index (κ3) is 6.23. The number of hydrogen-bond acceptors (Lipinski definition) is 7. The van der Waals surface area contributed by atoms with Gasteiger partial charge in [-0.3, -0.25) is 4.79 Å². The average Bonchev–Trinajstić information content (AvgIpc) is 2.65. The highest BCUT2D eigenvalue weighted by atomic mass is 32.2. The van der Waals surface area contributed by atoms with Crippen LogP contribution in [0.15, 0.2) is 57.4 Å². The third-order valence-electron chi connectivity index (χ3n) is 3.50. The molecule has 0 saturated heterocycles. The highest BCUT2D eigenvalue weighted by Crippen LogP contribution is 2.30. The second-order valence-electron chi connectivity index (χ2n) is 5.71. The highest BCUT2D eigenvalue weighted by Gasteiger charge is 2.14. The minimum Gasteiger partial charge on any atom is -0.491 e. The van der Waals surface area contributed by atoms with Gasteiger partial charge in [-0.05, 0) is 61.9 Å². The Morgan fingerprint density at radius 2 is 1.74 bits per heavy atom. The summed E-state index contributed by atoms with van der Waals surface area (Å²) in [5.74, 6) is -0.151. The van der Waals surface area contributed by atoms with E-state index < -0.39 is 5.97 Å². The minimum atomic E-state index is -0.571. The van der Waals surface area contributed by atoms with Gasteiger partial charge < -0.3 is 14.7 Å². The topological polar surface area (TPSA) is 85.2 Å². The molecule has 0 fully saturated rings. The maximum atomic E-state index is 12.4. The van der Waals surface area contributed by atoms with E-state index in [1.807, 2.05) is 43.3 Å². The number of ether oxygens (including phenoxy) is 1. The molecule has 0 aliphatic heterocycles. The van der Waals surface area contributed by atoms with Gasteiger partial charge in [-0.25, -0.2) is 4.79 Å². The number of hydrogen-bond donors (Lipinski definition) is 1. The van der Waals surface area contributed by atoms with Crippen molar-refractivity contribution in [3.05, 3.63) is 53.6 Å². The third-order valence-corrected chi connectivity index (χ3v) is 4.50. The molecule has 0 radical (unpaired) electrons. The van der Waals surface area contributed by atoms with E-state index in [1.165, 1.54) is 13.8 Å². The Hall–Kier alpha value is -2.64. The zero-order chi connectivity index (χ0) is 19.8. The van der Waals surface area contributed by atoms with Crippen molar-refractivity contribution in [2.24, 2.45) is 5.16 Å². The second kappa shape index (κ2) is 9.89. The molecule has 1 N–H and O–H groups in total. The van der Waals surface area contributed by atoms with Crippen LogP contribution in [0.3, 0.4) is 0 Å². The van der Waals surface area contributed by atoms with Gasteiger partial charge in [0.2, 0.25) is 5.78 Å². The number of oxime groups is 1. The molecule has 0 amide bonds. The summed E-state index contributed by atoms with van der Waals surface area (Å²) >= 11 is 1.56. The molecule has 0 spiro atoms. The lowest BCUT2D eigenvalue weighted by Gasteiger charge is -2.08. The lowest BCUT2D eigenvalue weighted by molar-refractivity contribution is -0.140. The van der Waals surface area contributed by atoms with Crippen LogP contribution in [-0.4, -0.2) is 35.8 Å². The Morgan fingerprint density at radius 1 is 1.07 bits per heavy atom. The molecular weight excluding hydrogens is 366 g/mol. The summed E-state index contributed by atoms with van der Waals surface area (Å²) in [5, 5.41) is 12.3. The lowest BCUT2D eigenvalue weighted by atomic mass is 10.0. The monoisotopic (exact) mass is 387 g/mol. The van der Waals surface area contributed by atoms with E-state index in [1.54, 1.807) is 17.8 Å². The van der Waals surface area contributed by atoms with Crippen molar-refractivity contribution in [2.75, 3.05) is 13.2 Å². The molecule has 0 bridgehead atoms. The lowest BCUT2D eigenvalue weighted by Crippen LogP contribution is -2.13.